The fourth-order valence-corrected chi connectivity index (χ4v) is 3.91. The Kier molecular flexibility index (Phi) is 7.95. The molecule has 0 bridgehead atoms. The maximum absolute atomic E-state index is 12.3. The van der Waals surface area contributed by atoms with Crippen LogP contribution in [0.5, 0.6) is 0 Å². The number of thioether (sulfide) groups is 1. The van der Waals surface area contributed by atoms with Gasteiger partial charge < -0.3 is 19.9 Å². The zero-order valence-electron chi connectivity index (χ0n) is 16.7. The number of benzene rings is 2. The smallest absolute Gasteiger partial charge is 0.243 e. The summed E-state index contributed by atoms with van der Waals surface area (Å²) in [5, 5.41) is 2.86. The highest BCUT2D eigenvalue weighted by Gasteiger charge is 2.14. The topological polar surface area (TPSA) is 61.9 Å². The number of morpholine rings is 1. The lowest BCUT2D eigenvalue weighted by molar-refractivity contribution is -0.132. The number of rotatable bonds is 8. The van der Waals surface area contributed by atoms with Crippen molar-refractivity contribution < 1.29 is 14.3 Å². The Morgan fingerprint density at radius 1 is 1.07 bits per heavy atom. The molecule has 0 spiro atoms. The van der Waals surface area contributed by atoms with E-state index in [2.05, 4.69) is 10.2 Å². The Hall–Kier alpha value is -2.51. The summed E-state index contributed by atoms with van der Waals surface area (Å²) in [6, 6.07) is 17.8. The maximum Gasteiger partial charge on any atom is 0.243 e. The van der Waals surface area contributed by atoms with E-state index in [4.69, 9.17) is 4.74 Å². The molecule has 1 aliphatic heterocycles. The number of anilines is 2. The lowest BCUT2D eigenvalue weighted by Crippen LogP contribution is -2.36. The van der Waals surface area contributed by atoms with Gasteiger partial charge in [-0.25, -0.2) is 0 Å². The van der Waals surface area contributed by atoms with Crippen molar-refractivity contribution >= 4 is 35.0 Å². The van der Waals surface area contributed by atoms with Crippen LogP contribution in [-0.2, 0) is 14.3 Å². The van der Waals surface area contributed by atoms with Crippen molar-refractivity contribution in [1.82, 2.24) is 4.90 Å². The van der Waals surface area contributed by atoms with Gasteiger partial charge in [0, 0.05) is 48.6 Å². The van der Waals surface area contributed by atoms with Crippen molar-refractivity contribution in [3.05, 3.63) is 54.6 Å². The molecule has 1 N–H and O–H groups in total. The van der Waals surface area contributed by atoms with E-state index in [-0.39, 0.29) is 18.4 Å². The standard InChI is InChI=1S/C22H27N3O3S/c1-24(22(27)11-16-29-20-5-3-2-4-6-20)17-21(26)23-18-7-9-19(10-8-18)25-12-14-28-15-13-25/h2-10H,11-17H2,1H3,(H,23,26). The van der Waals surface area contributed by atoms with Crippen molar-refractivity contribution in [2.75, 3.05) is 55.9 Å². The lowest BCUT2D eigenvalue weighted by atomic mass is 10.2. The second-order valence-electron chi connectivity index (χ2n) is 6.86. The summed E-state index contributed by atoms with van der Waals surface area (Å²) in [7, 11) is 1.66. The molecule has 2 aromatic carbocycles. The Labute approximate surface area is 176 Å². The second-order valence-corrected chi connectivity index (χ2v) is 8.02. The third kappa shape index (κ3) is 6.80. The van der Waals surface area contributed by atoms with Gasteiger partial charge in [-0.1, -0.05) is 18.2 Å². The molecule has 1 fully saturated rings. The summed E-state index contributed by atoms with van der Waals surface area (Å²) in [4.78, 5) is 29.4. The minimum atomic E-state index is -0.198. The number of likely N-dealkylation sites (N-methyl/N-ethyl adjacent to an activating group) is 1. The first kappa shape index (κ1) is 21.2. The van der Waals surface area contributed by atoms with Gasteiger partial charge in [-0.05, 0) is 36.4 Å². The largest absolute Gasteiger partial charge is 0.378 e. The molecular weight excluding hydrogens is 386 g/mol. The molecule has 0 aromatic heterocycles. The lowest BCUT2D eigenvalue weighted by Gasteiger charge is -2.28. The molecule has 0 aliphatic carbocycles. The number of hydrogen-bond acceptors (Lipinski definition) is 5. The van der Waals surface area contributed by atoms with E-state index in [9.17, 15) is 9.59 Å². The van der Waals surface area contributed by atoms with Gasteiger partial charge in [0.2, 0.25) is 11.8 Å². The third-order valence-corrected chi connectivity index (χ3v) is 5.68. The molecule has 0 atom stereocenters. The van der Waals surface area contributed by atoms with E-state index in [0.29, 0.717) is 12.2 Å². The molecule has 154 valence electrons. The average molecular weight is 414 g/mol. The molecular formula is C22H27N3O3S. The van der Waals surface area contributed by atoms with Crippen LogP contribution in [-0.4, -0.2) is 62.4 Å². The van der Waals surface area contributed by atoms with Gasteiger partial charge in [-0.2, -0.15) is 0 Å². The van der Waals surface area contributed by atoms with E-state index in [1.54, 1.807) is 18.8 Å². The van der Waals surface area contributed by atoms with Crippen LogP contribution in [0.15, 0.2) is 59.5 Å². The number of carbonyl (C=O) groups is 2. The van der Waals surface area contributed by atoms with Crippen LogP contribution in [0.2, 0.25) is 0 Å². The predicted molar refractivity (Wildman–Crippen MR) is 118 cm³/mol. The van der Waals surface area contributed by atoms with Crippen molar-refractivity contribution in [1.29, 1.82) is 0 Å². The monoisotopic (exact) mass is 413 g/mol. The van der Waals surface area contributed by atoms with Gasteiger partial charge in [0.25, 0.3) is 0 Å². The average Bonchev–Trinajstić information content (AvgIpc) is 2.75. The first-order valence-electron chi connectivity index (χ1n) is 9.76. The Balaban J connectivity index is 1.40. The highest BCUT2D eigenvalue weighted by Crippen LogP contribution is 2.19. The predicted octanol–water partition coefficient (Wildman–Crippen LogP) is 3.10. The van der Waals surface area contributed by atoms with E-state index >= 15 is 0 Å². The van der Waals surface area contributed by atoms with Gasteiger partial charge in [0.05, 0.1) is 19.8 Å². The number of ether oxygens (including phenoxy) is 1. The molecule has 0 unspecified atom stereocenters. The summed E-state index contributed by atoms with van der Waals surface area (Å²) in [6.45, 7) is 3.27. The van der Waals surface area contributed by atoms with E-state index < -0.39 is 0 Å². The Morgan fingerprint density at radius 2 is 1.76 bits per heavy atom. The number of hydrogen-bond donors (Lipinski definition) is 1. The molecule has 1 aliphatic rings. The summed E-state index contributed by atoms with van der Waals surface area (Å²) in [6.07, 6.45) is 0.400. The highest BCUT2D eigenvalue weighted by molar-refractivity contribution is 7.99. The number of amides is 2. The van der Waals surface area contributed by atoms with Crippen LogP contribution >= 0.6 is 11.8 Å². The summed E-state index contributed by atoms with van der Waals surface area (Å²) in [5.41, 5.74) is 1.85. The molecule has 2 aromatic rings. The van der Waals surface area contributed by atoms with Gasteiger partial charge in [0.15, 0.2) is 0 Å². The molecule has 0 radical (unpaired) electrons. The minimum absolute atomic E-state index is 0.0359. The summed E-state index contributed by atoms with van der Waals surface area (Å²) < 4.78 is 5.37. The molecule has 1 saturated heterocycles. The summed E-state index contributed by atoms with van der Waals surface area (Å²) in [5.74, 6) is 0.458. The normalized spacial score (nSPS) is 13.8. The van der Waals surface area contributed by atoms with Crippen LogP contribution in [0.4, 0.5) is 11.4 Å². The van der Waals surface area contributed by atoms with Gasteiger partial charge in [-0.15, -0.1) is 11.8 Å². The van der Waals surface area contributed by atoms with Crippen molar-refractivity contribution in [3.63, 3.8) is 0 Å². The van der Waals surface area contributed by atoms with E-state index in [0.717, 1.165) is 42.6 Å². The van der Waals surface area contributed by atoms with Gasteiger partial charge >= 0.3 is 0 Å². The molecule has 1 heterocycles. The molecule has 29 heavy (non-hydrogen) atoms. The molecule has 0 saturated carbocycles. The quantitative estimate of drug-likeness (QED) is 0.674. The van der Waals surface area contributed by atoms with Gasteiger partial charge in [-0.3, -0.25) is 9.59 Å². The van der Waals surface area contributed by atoms with Crippen LogP contribution in [0, 0.1) is 0 Å². The first-order chi connectivity index (χ1) is 14.1. The van der Waals surface area contributed by atoms with Crippen molar-refractivity contribution in [2.45, 2.75) is 11.3 Å². The third-order valence-electron chi connectivity index (χ3n) is 4.66. The van der Waals surface area contributed by atoms with Crippen LogP contribution in [0.3, 0.4) is 0 Å². The van der Waals surface area contributed by atoms with Crippen molar-refractivity contribution in [2.24, 2.45) is 0 Å². The number of nitrogens with one attached hydrogen (secondary N) is 1. The second kappa shape index (κ2) is 10.9. The minimum Gasteiger partial charge on any atom is -0.378 e. The van der Waals surface area contributed by atoms with Crippen LogP contribution in [0.1, 0.15) is 6.42 Å². The molecule has 7 heteroatoms. The van der Waals surface area contributed by atoms with Crippen LogP contribution < -0.4 is 10.2 Å². The SMILES string of the molecule is CN(CC(=O)Nc1ccc(N2CCOCC2)cc1)C(=O)CCSc1ccccc1. The number of nitrogens with zero attached hydrogens (tertiary/aromatic N) is 2. The Morgan fingerprint density at radius 3 is 2.45 bits per heavy atom. The first-order valence-corrected chi connectivity index (χ1v) is 10.7. The zero-order chi connectivity index (χ0) is 20.5. The molecule has 2 amide bonds. The Bertz CT molecular complexity index is 793. The fourth-order valence-electron chi connectivity index (χ4n) is 3.05. The van der Waals surface area contributed by atoms with E-state index in [1.807, 2.05) is 54.6 Å². The zero-order valence-corrected chi connectivity index (χ0v) is 17.5. The fraction of sp³-hybridized carbons (Fsp3) is 0.364. The molecule has 6 nitrogen and oxygen atoms in total. The highest BCUT2D eigenvalue weighted by atomic mass is 32.2. The van der Waals surface area contributed by atoms with Gasteiger partial charge in [0.1, 0.15) is 0 Å². The maximum atomic E-state index is 12.3. The number of carbonyl (C=O) groups excluding carboxylic acids is 2. The van der Waals surface area contributed by atoms with Crippen molar-refractivity contribution in [3.8, 4) is 0 Å². The summed E-state index contributed by atoms with van der Waals surface area (Å²) >= 11 is 1.64. The van der Waals surface area contributed by atoms with Crippen LogP contribution in [0.25, 0.3) is 0 Å². The van der Waals surface area contributed by atoms with E-state index in [1.165, 1.54) is 4.90 Å². The molecule has 3 rings (SSSR count).